The Kier molecular flexibility index (Phi) is 4.43. The van der Waals surface area contributed by atoms with Gasteiger partial charge >= 0.3 is 0 Å². The molecule has 1 aromatic rings. The number of carbonyl (C=O) groups excluding carboxylic acids is 1. The number of hydrogen-bond donors (Lipinski definition) is 1. The van der Waals surface area contributed by atoms with Crippen molar-refractivity contribution in [3.05, 3.63) is 29.3 Å². The maximum atomic E-state index is 12.2. The highest BCUT2D eigenvalue weighted by Gasteiger charge is 2.25. The molecule has 1 amide bonds. The molecular weight excluding hydrogens is 242 g/mol. The van der Waals surface area contributed by atoms with Crippen LogP contribution in [0.5, 0.6) is 5.75 Å². The molecule has 1 aromatic carbocycles. The van der Waals surface area contributed by atoms with Crippen molar-refractivity contribution < 1.29 is 14.6 Å². The Balaban J connectivity index is 2.09. The summed E-state index contributed by atoms with van der Waals surface area (Å²) in [6.07, 6.45) is 1.64. The molecule has 0 radical (unpaired) electrons. The van der Waals surface area contributed by atoms with E-state index in [4.69, 9.17) is 4.74 Å². The Morgan fingerprint density at radius 2 is 2.11 bits per heavy atom. The molecular formula is C15H21NO3. The molecule has 1 saturated heterocycles. The number of benzene rings is 1. The topological polar surface area (TPSA) is 49.8 Å². The number of likely N-dealkylation sites (tertiary alicyclic amines) is 1. The summed E-state index contributed by atoms with van der Waals surface area (Å²) in [5.41, 5.74) is 1.66. The summed E-state index contributed by atoms with van der Waals surface area (Å²) in [6.45, 7) is 5.26. The minimum atomic E-state index is -0.510. The number of para-hydroxylation sites is 1. The Labute approximate surface area is 114 Å². The van der Waals surface area contributed by atoms with Crippen LogP contribution in [0, 0.1) is 6.92 Å². The molecule has 1 aliphatic rings. The lowest BCUT2D eigenvalue weighted by Crippen LogP contribution is -2.38. The maximum absolute atomic E-state index is 12.2. The highest BCUT2D eigenvalue weighted by atomic mass is 16.5. The van der Waals surface area contributed by atoms with Gasteiger partial charge in [0.25, 0.3) is 5.91 Å². The molecule has 19 heavy (non-hydrogen) atoms. The molecule has 1 atom stereocenters. The zero-order valence-electron chi connectivity index (χ0n) is 11.6. The zero-order chi connectivity index (χ0) is 13.8. The van der Waals surface area contributed by atoms with Gasteiger partial charge in [-0.25, -0.2) is 0 Å². The number of ether oxygens (including phenoxy) is 1. The number of nitrogens with zero attached hydrogens (tertiary/aromatic N) is 1. The zero-order valence-corrected chi connectivity index (χ0v) is 11.6. The number of aliphatic hydroxyl groups is 1. The fourth-order valence-electron chi connectivity index (χ4n) is 2.43. The van der Waals surface area contributed by atoms with Crippen LogP contribution in [0.1, 0.15) is 30.9 Å². The van der Waals surface area contributed by atoms with Crippen LogP contribution in [0.4, 0.5) is 0 Å². The maximum Gasteiger partial charge on any atom is 0.263 e. The van der Waals surface area contributed by atoms with E-state index < -0.39 is 6.10 Å². The van der Waals surface area contributed by atoms with Crippen molar-refractivity contribution in [1.82, 2.24) is 4.90 Å². The van der Waals surface area contributed by atoms with Crippen LogP contribution in [0.2, 0.25) is 0 Å². The van der Waals surface area contributed by atoms with Crippen LogP contribution in [-0.4, -0.2) is 35.1 Å². The predicted molar refractivity (Wildman–Crippen MR) is 73.0 cm³/mol. The van der Waals surface area contributed by atoms with Crippen LogP contribution in [0.25, 0.3) is 0 Å². The van der Waals surface area contributed by atoms with Gasteiger partial charge in [-0.15, -0.1) is 0 Å². The Hall–Kier alpha value is -1.55. The highest BCUT2D eigenvalue weighted by molar-refractivity contribution is 5.81. The predicted octanol–water partition coefficient (Wildman–Crippen LogP) is 1.88. The van der Waals surface area contributed by atoms with Crippen molar-refractivity contribution in [2.75, 3.05) is 13.1 Å². The van der Waals surface area contributed by atoms with E-state index >= 15 is 0 Å². The van der Waals surface area contributed by atoms with Gasteiger partial charge in [-0.3, -0.25) is 4.79 Å². The van der Waals surface area contributed by atoms with Gasteiger partial charge in [0.2, 0.25) is 0 Å². The van der Waals surface area contributed by atoms with Crippen molar-refractivity contribution in [3.8, 4) is 5.75 Å². The fourth-order valence-corrected chi connectivity index (χ4v) is 2.43. The summed E-state index contributed by atoms with van der Waals surface area (Å²) in [5, 5.41) is 9.33. The van der Waals surface area contributed by atoms with Gasteiger partial charge < -0.3 is 14.7 Å². The van der Waals surface area contributed by atoms with E-state index in [-0.39, 0.29) is 12.5 Å². The average molecular weight is 263 g/mol. The smallest absolute Gasteiger partial charge is 0.263 e. The molecule has 1 heterocycles. The molecule has 1 aliphatic heterocycles. The van der Waals surface area contributed by atoms with Crippen molar-refractivity contribution >= 4 is 5.91 Å². The van der Waals surface area contributed by atoms with Gasteiger partial charge in [-0.05, 0) is 32.3 Å². The van der Waals surface area contributed by atoms with Crippen molar-refractivity contribution in [2.24, 2.45) is 0 Å². The number of aliphatic hydroxyl groups excluding tert-OH is 1. The second-order valence-electron chi connectivity index (χ2n) is 5.01. The number of hydrogen-bond acceptors (Lipinski definition) is 3. The van der Waals surface area contributed by atoms with E-state index in [1.807, 2.05) is 30.0 Å². The number of aryl methyl sites for hydroxylation is 1. The van der Waals surface area contributed by atoms with Crippen LogP contribution < -0.4 is 4.74 Å². The molecule has 2 rings (SSSR count). The van der Waals surface area contributed by atoms with E-state index in [0.29, 0.717) is 5.75 Å². The summed E-state index contributed by atoms with van der Waals surface area (Å²) in [4.78, 5) is 14.0. The second-order valence-corrected chi connectivity index (χ2v) is 5.01. The lowest BCUT2D eigenvalue weighted by atomic mass is 10.1. The molecule has 4 heteroatoms. The summed E-state index contributed by atoms with van der Waals surface area (Å²) in [6, 6.07) is 5.61. The van der Waals surface area contributed by atoms with E-state index in [0.717, 1.165) is 37.1 Å². The third-order valence-corrected chi connectivity index (χ3v) is 3.52. The minimum absolute atomic E-state index is 0.0321. The normalized spacial score (nSPS) is 16.5. The van der Waals surface area contributed by atoms with Gasteiger partial charge in [0.15, 0.2) is 6.10 Å². The SMILES string of the molecule is Cc1cccc(CO)c1OC(C)C(=O)N1CCCC1. The number of rotatable bonds is 4. The van der Waals surface area contributed by atoms with Crippen LogP contribution >= 0.6 is 0 Å². The first-order chi connectivity index (χ1) is 9.13. The van der Waals surface area contributed by atoms with Crippen LogP contribution in [-0.2, 0) is 11.4 Å². The van der Waals surface area contributed by atoms with E-state index in [2.05, 4.69) is 0 Å². The Morgan fingerprint density at radius 1 is 1.42 bits per heavy atom. The lowest BCUT2D eigenvalue weighted by Gasteiger charge is -2.23. The molecule has 1 N–H and O–H groups in total. The number of carbonyl (C=O) groups is 1. The largest absolute Gasteiger partial charge is 0.480 e. The second kappa shape index (κ2) is 6.06. The van der Waals surface area contributed by atoms with Gasteiger partial charge in [0.05, 0.1) is 6.61 Å². The summed E-state index contributed by atoms with van der Waals surface area (Å²) < 4.78 is 5.79. The Morgan fingerprint density at radius 3 is 2.74 bits per heavy atom. The standard InChI is InChI=1S/C15H21NO3/c1-11-6-5-7-13(10-17)14(11)19-12(2)15(18)16-8-3-4-9-16/h5-7,12,17H,3-4,8-10H2,1-2H3. The van der Waals surface area contributed by atoms with Crippen molar-refractivity contribution in [2.45, 2.75) is 39.4 Å². The van der Waals surface area contributed by atoms with Crippen molar-refractivity contribution in [1.29, 1.82) is 0 Å². The first-order valence-electron chi connectivity index (χ1n) is 6.78. The first-order valence-corrected chi connectivity index (χ1v) is 6.78. The third-order valence-electron chi connectivity index (χ3n) is 3.52. The molecule has 0 aliphatic carbocycles. The van der Waals surface area contributed by atoms with Crippen LogP contribution in [0.15, 0.2) is 18.2 Å². The molecule has 4 nitrogen and oxygen atoms in total. The molecule has 0 spiro atoms. The number of amides is 1. The van der Waals surface area contributed by atoms with Gasteiger partial charge in [-0.2, -0.15) is 0 Å². The van der Waals surface area contributed by atoms with E-state index in [9.17, 15) is 9.90 Å². The average Bonchev–Trinajstić information content (AvgIpc) is 2.94. The van der Waals surface area contributed by atoms with Crippen LogP contribution in [0.3, 0.4) is 0 Å². The first kappa shape index (κ1) is 13.9. The molecule has 0 bridgehead atoms. The summed E-state index contributed by atoms with van der Waals surface area (Å²) in [7, 11) is 0. The van der Waals surface area contributed by atoms with E-state index in [1.54, 1.807) is 6.92 Å². The highest BCUT2D eigenvalue weighted by Crippen LogP contribution is 2.25. The van der Waals surface area contributed by atoms with Gasteiger partial charge in [0, 0.05) is 18.7 Å². The van der Waals surface area contributed by atoms with Crippen molar-refractivity contribution in [3.63, 3.8) is 0 Å². The molecule has 0 saturated carbocycles. The molecule has 1 unspecified atom stereocenters. The van der Waals surface area contributed by atoms with E-state index in [1.165, 1.54) is 0 Å². The summed E-state index contributed by atoms with van der Waals surface area (Å²) in [5.74, 6) is 0.662. The Bertz CT molecular complexity index is 453. The fraction of sp³-hybridized carbons (Fsp3) is 0.533. The quantitative estimate of drug-likeness (QED) is 0.902. The van der Waals surface area contributed by atoms with Gasteiger partial charge in [0.1, 0.15) is 5.75 Å². The molecule has 0 aromatic heterocycles. The summed E-state index contributed by atoms with van der Waals surface area (Å²) >= 11 is 0. The monoisotopic (exact) mass is 263 g/mol. The molecule has 104 valence electrons. The lowest BCUT2D eigenvalue weighted by molar-refractivity contribution is -0.136. The van der Waals surface area contributed by atoms with Gasteiger partial charge in [-0.1, -0.05) is 18.2 Å². The molecule has 1 fully saturated rings. The minimum Gasteiger partial charge on any atom is -0.480 e. The third kappa shape index (κ3) is 3.07.